The second-order valence-corrected chi connectivity index (χ2v) is 4.46. The van der Waals surface area contributed by atoms with E-state index in [1.165, 1.54) is 4.68 Å². The van der Waals surface area contributed by atoms with Crippen LogP contribution < -0.4 is 5.32 Å². The topological polar surface area (TPSA) is 83.3 Å². The zero-order valence-electron chi connectivity index (χ0n) is 10.3. The zero-order chi connectivity index (χ0) is 12.8. The van der Waals surface area contributed by atoms with E-state index in [-0.39, 0.29) is 19.1 Å². The maximum atomic E-state index is 12.1. The lowest BCUT2D eigenvalue weighted by molar-refractivity contribution is -0.132. The Morgan fingerprint density at radius 1 is 1.61 bits per heavy atom. The van der Waals surface area contributed by atoms with Gasteiger partial charge in [-0.1, -0.05) is 5.21 Å². The molecule has 1 amide bonds. The van der Waals surface area contributed by atoms with Crippen LogP contribution in [0.25, 0.3) is 0 Å². The summed E-state index contributed by atoms with van der Waals surface area (Å²) >= 11 is 0. The van der Waals surface area contributed by atoms with Crippen LogP contribution in [0.3, 0.4) is 0 Å². The normalized spacial score (nSPS) is 19.1. The number of carbonyl (C=O) groups is 1. The van der Waals surface area contributed by atoms with E-state index in [0.29, 0.717) is 19.1 Å². The maximum Gasteiger partial charge on any atom is 0.244 e. The fourth-order valence-electron chi connectivity index (χ4n) is 2.17. The summed E-state index contributed by atoms with van der Waals surface area (Å²) < 4.78 is 1.49. The second kappa shape index (κ2) is 6.46. The van der Waals surface area contributed by atoms with Crippen LogP contribution in [0.5, 0.6) is 0 Å². The molecule has 2 rings (SSSR count). The van der Waals surface area contributed by atoms with Gasteiger partial charge < -0.3 is 15.3 Å². The van der Waals surface area contributed by atoms with Crippen molar-refractivity contribution >= 4 is 5.91 Å². The zero-order valence-corrected chi connectivity index (χ0v) is 10.3. The molecule has 1 saturated heterocycles. The van der Waals surface area contributed by atoms with Crippen LogP contribution >= 0.6 is 0 Å². The molecule has 7 nitrogen and oxygen atoms in total. The Bertz CT molecular complexity index is 362. The molecule has 1 fully saturated rings. The minimum atomic E-state index is -0.0387. The number of aromatic nitrogens is 3. The van der Waals surface area contributed by atoms with Gasteiger partial charge in [0.1, 0.15) is 6.54 Å². The number of aliphatic hydroxyl groups is 1. The number of amides is 1. The molecule has 0 saturated carbocycles. The first-order chi connectivity index (χ1) is 8.79. The van der Waals surface area contributed by atoms with Crippen LogP contribution in [-0.2, 0) is 11.3 Å². The Balaban J connectivity index is 1.88. The van der Waals surface area contributed by atoms with E-state index in [4.69, 9.17) is 5.11 Å². The lowest BCUT2D eigenvalue weighted by Crippen LogP contribution is -2.43. The van der Waals surface area contributed by atoms with Crippen molar-refractivity contribution in [1.82, 2.24) is 25.2 Å². The molecule has 1 unspecified atom stereocenters. The molecular formula is C11H19N5O2. The van der Waals surface area contributed by atoms with Gasteiger partial charge in [0.15, 0.2) is 0 Å². The largest absolute Gasteiger partial charge is 0.395 e. The van der Waals surface area contributed by atoms with Crippen molar-refractivity contribution in [3.63, 3.8) is 0 Å². The van der Waals surface area contributed by atoms with Gasteiger partial charge in [-0.2, -0.15) is 0 Å². The molecular weight excluding hydrogens is 234 g/mol. The smallest absolute Gasteiger partial charge is 0.244 e. The number of rotatable bonds is 6. The summed E-state index contributed by atoms with van der Waals surface area (Å²) in [6.07, 6.45) is 5.43. The molecule has 1 aliphatic rings. The third-order valence-electron chi connectivity index (χ3n) is 3.09. The van der Waals surface area contributed by atoms with Gasteiger partial charge in [0.2, 0.25) is 5.91 Å². The first-order valence-corrected chi connectivity index (χ1v) is 6.25. The quantitative estimate of drug-likeness (QED) is 0.669. The maximum absolute atomic E-state index is 12.1. The second-order valence-electron chi connectivity index (χ2n) is 4.46. The van der Waals surface area contributed by atoms with E-state index < -0.39 is 0 Å². The monoisotopic (exact) mass is 253 g/mol. The summed E-state index contributed by atoms with van der Waals surface area (Å²) in [7, 11) is 0. The Morgan fingerprint density at radius 3 is 3.11 bits per heavy atom. The van der Waals surface area contributed by atoms with Crippen LogP contribution in [-0.4, -0.2) is 63.2 Å². The first kappa shape index (κ1) is 13.0. The third-order valence-corrected chi connectivity index (χ3v) is 3.09. The Labute approximate surface area is 106 Å². The average molecular weight is 253 g/mol. The van der Waals surface area contributed by atoms with Gasteiger partial charge >= 0.3 is 0 Å². The predicted molar refractivity (Wildman–Crippen MR) is 64.7 cm³/mol. The summed E-state index contributed by atoms with van der Waals surface area (Å²) in [6.45, 7) is 2.18. The minimum Gasteiger partial charge on any atom is -0.395 e. The molecule has 2 heterocycles. The van der Waals surface area contributed by atoms with Crippen molar-refractivity contribution in [3.8, 4) is 0 Å². The van der Waals surface area contributed by atoms with Gasteiger partial charge in [-0.05, 0) is 19.4 Å². The molecule has 1 aliphatic heterocycles. The molecule has 0 spiro atoms. The van der Waals surface area contributed by atoms with E-state index in [1.807, 2.05) is 0 Å². The summed E-state index contributed by atoms with van der Waals surface area (Å²) in [5.74, 6) is -0.0387. The molecule has 18 heavy (non-hydrogen) atoms. The van der Waals surface area contributed by atoms with Crippen LogP contribution in [0.4, 0.5) is 0 Å². The summed E-state index contributed by atoms with van der Waals surface area (Å²) in [5, 5.41) is 19.8. The average Bonchev–Trinajstić information content (AvgIpc) is 3.01. The summed E-state index contributed by atoms with van der Waals surface area (Å²) in [4.78, 5) is 13.8. The van der Waals surface area contributed by atoms with Crippen LogP contribution in [0.15, 0.2) is 12.4 Å². The molecule has 100 valence electrons. The van der Waals surface area contributed by atoms with Crippen molar-refractivity contribution in [1.29, 1.82) is 0 Å². The van der Waals surface area contributed by atoms with Crippen LogP contribution in [0.2, 0.25) is 0 Å². The molecule has 7 heteroatoms. The van der Waals surface area contributed by atoms with Crippen LogP contribution in [0, 0.1) is 0 Å². The fourth-order valence-corrected chi connectivity index (χ4v) is 2.17. The van der Waals surface area contributed by atoms with Crippen molar-refractivity contribution in [2.24, 2.45) is 0 Å². The third kappa shape index (κ3) is 3.51. The first-order valence-electron chi connectivity index (χ1n) is 6.25. The number of hydrogen-bond acceptors (Lipinski definition) is 5. The lowest BCUT2D eigenvalue weighted by atomic mass is 10.2. The van der Waals surface area contributed by atoms with E-state index >= 15 is 0 Å². The molecule has 0 aliphatic carbocycles. The number of nitrogens with one attached hydrogen (secondary N) is 1. The van der Waals surface area contributed by atoms with E-state index in [9.17, 15) is 4.79 Å². The van der Waals surface area contributed by atoms with E-state index in [2.05, 4.69) is 15.6 Å². The van der Waals surface area contributed by atoms with Gasteiger partial charge in [-0.3, -0.25) is 4.79 Å². The number of carbonyl (C=O) groups excluding carboxylic acids is 1. The van der Waals surface area contributed by atoms with Crippen LogP contribution in [0.1, 0.15) is 12.8 Å². The lowest BCUT2D eigenvalue weighted by Gasteiger charge is -2.25. The van der Waals surface area contributed by atoms with Gasteiger partial charge in [0, 0.05) is 25.3 Å². The van der Waals surface area contributed by atoms with E-state index in [1.54, 1.807) is 17.3 Å². The number of aliphatic hydroxyl groups excluding tert-OH is 1. The molecule has 1 aromatic rings. The molecule has 0 radical (unpaired) electrons. The summed E-state index contributed by atoms with van der Waals surface area (Å²) in [6, 6.07) is 0.344. The van der Waals surface area contributed by atoms with Gasteiger partial charge in [-0.25, -0.2) is 4.68 Å². The fraction of sp³-hybridized carbons (Fsp3) is 0.727. The molecule has 1 atom stereocenters. The summed E-state index contributed by atoms with van der Waals surface area (Å²) in [5.41, 5.74) is 0. The molecule has 0 bridgehead atoms. The minimum absolute atomic E-state index is 0.0180. The van der Waals surface area contributed by atoms with Gasteiger partial charge in [-0.15, -0.1) is 5.10 Å². The SMILES string of the molecule is O=C(Cn1ccnn1)N(CCO)CC1CCCN1. The van der Waals surface area contributed by atoms with Gasteiger partial charge in [0.25, 0.3) is 0 Å². The highest BCUT2D eigenvalue weighted by Gasteiger charge is 2.21. The van der Waals surface area contributed by atoms with Crippen molar-refractivity contribution in [3.05, 3.63) is 12.4 Å². The molecule has 1 aromatic heterocycles. The Kier molecular flexibility index (Phi) is 4.66. The standard InChI is InChI=1S/C11H19N5O2/c17-7-6-15(8-10-2-1-3-12-10)11(18)9-16-5-4-13-14-16/h4-5,10,12,17H,1-3,6-9H2. The van der Waals surface area contributed by atoms with Crippen molar-refractivity contribution in [2.75, 3.05) is 26.2 Å². The van der Waals surface area contributed by atoms with E-state index in [0.717, 1.165) is 19.4 Å². The van der Waals surface area contributed by atoms with Crippen molar-refractivity contribution in [2.45, 2.75) is 25.4 Å². The predicted octanol–water partition coefficient (Wildman–Crippen LogP) is -1.15. The molecule has 0 aromatic carbocycles. The van der Waals surface area contributed by atoms with Gasteiger partial charge in [0.05, 0.1) is 12.8 Å². The molecule has 2 N–H and O–H groups in total. The number of nitrogens with zero attached hydrogens (tertiary/aromatic N) is 4. The Morgan fingerprint density at radius 2 is 2.50 bits per heavy atom. The highest BCUT2D eigenvalue weighted by molar-refractivity contribution is 5.75. The van der Waals surface area contributed by atoms with Crippen molar-refractivity contribution < 1.29 is 9.90 Å². The highest BCUT2D eigenvalue weighted by atomic mass is 16.3. The number of hydrogen-bond donors (Lipinski definition) is 2. The highest BCUT2D eigenvalue weighted by Crippen LogP contribution is 2.07. The Hall–Kier alpha value is -1.47.